The van der Waals surface area contributed by atoms with Gasteiger partial charge in [-0.2, -0.15) is 0 Å². The van der Waals surface area contributed by atoms with Gasteiger partial charge in [-0.25, -0.2) is 15.0 Å². The van der Waals surface area contributed by atoms with Crippen LogP contribution in [0.4, 0.5) is 0 Å². The molecule has 0 unspecified atom stereocenters. The fourth-order valence-electron chi connectivity index (χ4n) is 2.55. The first kappa shape index (κ1) is 17.4. The van der Waals surface area contributed by atoms with Gasteiger partial charge in [0.1, 0.15) is 10.8 Å². The summed E-state index contributed by atoms with van der Waals surface area (Å²) in [5, 5.41) is 7.69. The summed E-state index contributed by atoms with van der Waals surface area (Å²) in [4.78, 5) is 18.1. The number of thiazole rings is 1. The lowest BCUT2D eigenvalue weighted by Crippen LogP contribution is -2.37. The highest BCUT2D eigenvalue weighted by atomic mass is 32.1. The van der Waals surface area contributed by atoms with E-state index in [0.29, 0.717) is 6.54 Å². The Morgan fingerprint density at radius 3 is 2.92 bits per heavy atom. The Hall–Kier alpha value is -2.41. The Labute approximate surface area is 151 Å². The van der Waals surface area contributed by atoms with E-state index in [1.54, 1.807) is 11.3 Å². The number of H-pyrrole nitrogens is 1. The number of hydrogen-bond acceptors (Lipinski definition) is 4. The minimum absolute atomic E-state index is 0.609. The number of guanidine groups is 1. The van der Waals surface area contributed by atoms with E-state index in [0.717, 1.165) is 53.8 Å². The summed E-state index contributed by atoms with van der Waals surface area (Å²) in [5.74, 6) is 1.86. The number of hydrogen-bond donors (Lipinski definition) is 3. The molecular weight excluding hydrogens is 332 g/mol. The number of aromatic nitrogens is 3. The van der Waals surface area contributed by atoms with Crippen molar-refractivity contribution in [2.45, 2.75) is 33.2 Å². The van der Waals surface area contributed by atoms with Crippen LogP contribution in [0.15, 0.2) is 35.5 Å². The number of rotatable bonds is 7. The van der Waals surface area contributed by atoms with E-state index in [-0.39, 0.29) is 0 Å². The molecular formula is C18H24N6S. The minimum atomic E-state index is 0.609. The molecule has 3 N–H and O–H groups in total. The maximum Gasteiger partial charge on any atom is 0.191 e. The Morgan fingerprint density at radius 2 is 2.16 bits per heavy atom. The van der Waals surface area contributed by atoms with E-state index >= 15 is 0 Å². The van der Waals surface area contributed by atoms with Gasteiger partial charge < -0.3 is 15.6 Å². The lowest BCUT2D eigenvalue weighted by atomic mass is 10.3. The molecule has 0 saturated heterocycles. The third-order valence-corrected chi connectivity index (χ3v) is 4.60. The number of aliphatic imine (C=N–C) groups is 1. The highest BCUT2D eigenvalue weighted by Gasteiger charge is 2.03. The third kappa shape index (κ3) is 5.03. The summed E-state index contributed by atoms with van der Waals surface area (Å²) in [6.07, 6.45) is 3.79. The van der Waals surface area contributed by atoms with Crippen LogP contribution < -0.4 is 10.6 Å². The maximum absolute atomic E-state index is 4.61. The zero-order chi connectivity index (χ0) is 17.5. The zero-order valence-corrected chi connectivity index (χ0v) is 15.5. The monoisotopic (exact) mass is 356 g/mol. The van der Waals surface area contributed by atoms with Crippen molar-refractivity contribution in [1.29, 1.82) is 0 Å². The lowest BCUT2D eigenvalue weighted by Gasteiger charge is -2.10. The predicted molar refractivity (Wildman–Crippen MR) is 104 cm³/mol. The van der Waals surface area contributed by atoms with Crippen molar-refractivity contribution in [2.24, 2.45) is 4.99 Å². The normalized spacial score (nSPS) is 11.8. The number of aryl methyl sites for hydroxylation is 2. The van der Waals surface area contributed by atoms with Gasteiger partial charge in [-0.15, -0.1) is 11.3 Å². The average Bonchev–Trinajstić information content (AvgIpc) is 3.21. The van der Waals surface area contributed by atoms with Crippen molar-refractivity contribution < 1.29 is 0 Å². The molecule has 3 aromatic rings. The number of fused-ring (bicyclic) bond motifs is 1. The number of aromatic amines is 1. The fraction of sp³-hybridized carbons (Fsp3) is 0.389. The zero-order valence-electron chi connectivity index (χ0n) is 14.7. The second-order valence-corrected chi connectivity index (χ2v) is 7.11. The summed E-state index contributed by atoms with van der Waals surface area (Å²) in [7, 11) is 0. The smallest absolute Gasteiger partial charge is 0.191 e. The Bertz CT molecular complexity index is 802. The van der Waals surface area contributed by atoms with E-state index < -0.39 is 0 Å². The molecule has 0 spiro atoms. The third-order valence-electron chi connectivity index (χ3n) is 3.71. The van der Waals surface area contributed by atoms with Gasteiger partial charge in [0.15, 0.2) is 5.96 Å². The Balaban J connectivity index is 1.47. The summed E-state index contributed by atoms with van der Waals surface area (Å²) >= 11 is 1.69. The molecule has 0 radical (unpaired) electrons. The minimum Gasteiger partial charge on any atom is -0.357 e. The molecule has 6 nitrogen and oxygen atoms in total. The standard InChI is InChI=1S/C18H24N6S/c1-3-19-18(22-12-17-21-11-13(2)25-17)20-10-6-9-16-23-14-7-4-5-8-15(14)24-16/h4-5,7-8,11H,3,6,9-10,12H2,1-2H3,(H,23,24)(H2,19,20,22). The van der Waals surface area contributed by atoms with E-state index in [1.807, 2.05) is 24.4 Å². The predicted octanol–water partition coefficient (Wildman–Crippen LogP) is 3.02. The van der Waals surface area contributed by atoms with Crippen molar-refractivity contribution in [3.05, 3.63) is 46.2 Å². The molecule has 0 bridgehead atoms. The molecule has 1 aromatic carbocycles. The number of nitrogens with zero attached hydrogens (tertiary/aromatic N) is 3. The van der Waals surface area contributed by atoms with E-state index in [2.05, 4.69) is 50.5 Å². The van der Waals surface area contributed by atoms with Crippen LogP contribution in [0.5, 0.6) is 0 Å². The molecule has 25 heavy (non-hydrogen) atoms. The van der Waals surface area contributed by atoms with Crippen molar-refractivity contribution in [3.63, 3.8) is 0 Å². The second kappa shape index (κ2) is 8.62. The van der Waals surface area contributed by atoms with E-state index in [1.165, 1.54) is 4.88 Å². The van der Waals surface area contributed by atoms with Crippen LogP contribution in [-0.4, -0.2) is 34.0 Å². The lowest BCUT2D eigenvalue weighted by molar-refractivity contribution is 0.727. The van der Waals surface area contributed by atoms with Gasteiger partial charge in [-0.3, -0.25) is 0 Å². The average molecular weight is 356 g/mol. The largest absolute Gasteiger partial charge is 0.357 e. The molecule has 2 heterocycles. The molecule has 0 saturated carbocycles. The van der Waals surface area contributed by atoms with E-state index in [4.69, 9.17) is 0 Å². The van der Waals surface area contributed by atoms with Crippen LogP contribution in [0.3, 0.4) is 0 Å². The van der Waals surface area contributed by atoms with Gasteiger partial charge in [0, 0.05) is 30.6 Å². The molecule has 0 aliphatic rings. The molecule has 0 aliphatic heterocycles. The number of nitrogens with one attached hydrogen (secondary N) is 3. The first-order chi connectivity index (χ1) is 12.2. The second-order valence-electron chi connectivity index (χ2n) is 5.79. The summed E-state index contributed by atoms with van der Waals surface area (Å²) in [6, 6.07) is 8.12. The summed E-state index contributed by atoms with van der Waals surface area (Å²) in [5.41, 5.74) is 2.12. The Kier molecular flexibility index (Phi) is 6.00. The molecule has 3 rings (SSSR count). The molecule has 0 amide bonds. The van der Waals surface area contributed by atoms with Crippen LogP contribution in [0.25, 0.3) is 11.0 Å². The molecule has 2 aromatic heterocycles. The van der Waals surface area contributed by atoms with Crippen LogP contribution in [0.1, 0.15) is 29.1 Å². The SMILES string of the molecule is CCNC(=NCc1ncc(C)s1)NCCCc1nc2ccccc2[nH]1. The highest BCUT2D eigenvalue weighted by molar-refractivity contribution is 7.11. The number of benzene rings is 1. The maximum atomic E-state index is 4.61. The van der Waals surface area contributed by atoms with Crippen LogP contribution in [0, 0.1) is 6.92 Å². The van der Waals surface area contributed by atoms with E-state index in [9.17, 15) is 0 Å². The number of para-hydroxylation sites is 2. The first-order valence-electron chi connectivity index (χ1n) is 8.61. The topological polar surface area (TPSA) is 78.0 Å². The fourth-order valence-corrected chi connectivity index (χ4v) is 3.26. The molecule has 0 atom stereocenters. The van der Waals surface area contributed by atoms with Crippen LogP contribution in [-0.2, 0) is 13.0 Å². The molecule has 7 heteroatoms. The van der Waals surface area contributed by atoms with Crippen molar-refractivity contribution in [2.75, 3.05) is 13.1 Å². The van der Waals surface area contributed by atoms with Crippen molar-refractivity contribution in [3.8, 4) is 0 Å². The van der Waals surface area contributed by atoms with Gasteiger partial charge in [-0.1, -0.05) is 12.1 Å². The number of imidazole rings is 1. The summed E-state index contributed by atoms with van der Waals surface area (Å²) in [6.45, 7) is 6.43. The quantitative estimate of drug-likeness (QED) is 0.345. The van der Waals surface area contributed by atoms with Crippen molar-refractivity contribution >= 4 is 28.3 Å². The molecule has 132 valence electrons. The molecule has 0 fully saturated rings. The van der Waals surface area contributed by atoms with Crippen molar-refractivity contribution in [1.82, 2.24) is 25.6 Å². The summed E-state index contributed by atoms with van der Waals surface area (Å²) < 4.78 is 0. The van der Waals surface area contributed by atoms with Gasteiger partial charge in [0.05, 0.1) is 17.6 Å². The van der Waals surface area contributed by atoms with Crippen LogP contribution in [0.2, 0.25) is 0 Å². The van der Waals surface area contributed by atoms with Gasteiger partial charge >= 0.3 is 0 Å². The van der Waals surface area contributed by atoms with Crippen LogP contribution >= 0.6 is 11.3 Å². The highest BCUT2D eigenvalue weighted by Crippen LogP contribution is 2.12. The van der Waals surface area contributed by atoms with Gasteiger partial charge in [0.2, 0.25) is 0 Å². The van der Waals surface area contributed by atoms with Gasteiger partial charge in [-0.05, 0) is 32.4 Å². The Morgan fingerprint density at radius 1 is 1.28 bits per heavy atom. The molecule has 0 aliphatic carbocycles. The first-order valence-corrected chi connectivity index (χ1v) is 9.43. The van der Waals surface area contributed by atoms with Gasteiger partial charge in [0.25, 0.3) is 0 Å².